The van der Waals surface area contributed by atoms with Crippen molar-refractivity contribution in [2.45, 2.75) is 18.8 Å². The van der Waals surface area contributed by atoms with Crippen molar-refractivity contribution < 1.29 is 14.0 Å². The van der Waals surface area contributed by atoms with Gasteiger partial charge in [0.1, 0.15) is 11.3 Å². The molecule has 1 saturated heterocycles. The van der Waals surface area contributed by atoms with Gasteiger partial charge in [-0.05, 0) is 37.1 Å². The van der Waals surface area contributed by atoms with Gasteiger partial charge in [0.2, 0.25) is 0 Å². The minimum atomic E-state index is -0.334. The topological polar surface area (TPSA) is 104 Å². The summed E-state index contributed by atoms with van der Waals surface area (Å²) >= 11 is 7.21. The molecule has 0 unspecified atom stereocenters. The number of aromatic nitrogens is 3. The van der Waals surface area contributed by atoms with Gasteiger partial charge in [0.05, 0.1) is 5.01 Å². The smallest absolute Gasteiger partial charge is 0.289 e. The number of amides is 2. The molecule has 0 radical (unpaired) electrons. The number of hydrogen-bond acceptors (Lipinski definition) is 8. The molecule has 0 spiro atoms. The third-order valence-electron chi connectivity index (χ3n) is 5.75. The maximum absolute atomic E-state index is 12.9. The van der Waals surface area contributed by atoms with Crippen LogP contribution in [0, 0.1) is 0 Å². The van der Waals surface area contributed by atoms with E-state index >= 15 is 0 Å². The molecule has 0 aliphatic carbocycles. The fourth-order valence-electron chi connectivity index (χ4n) is 3.91. The van der Waals surface area contributed by atoms with Crippen LogP contribution in [-0.4, -0.2) is 52.0 Å². The van der Waals surface area contributed by atoms with E-state index in [2.05, 4.69) is 20.6 Å². The predicted molar refractivity (Wildman–Crippen MR) is 129 cm³/mol. The Hall–Kier alpha value is -3.50. The van der Waals surface area contributed by atoms with E-state index in [1.54, 1.807) is 30.6 Å². The molecular formula is C23H21ClN6O3S. The maximum Gasteiger partial charge on any atom is 0.289 e. The highest BCUT2D eigenvalue weighted by Gasteiger charge is 2.28. The SMILES string of the molecule is CN(NC(=O)c1csc(C2CCN(C(=O)c3cc4ccccc4o3)CC2)n1)c1ccc(Cl)nn1. The lowest BCUT2D eigenvalue weighted by Gasteiger charge is -2.30. The highest BCUT2D eigenvalue weighted by atomic mass is 35.5. The Balaban J connectivity index is 1.18. The van der Waals surface area contributed by atoms with Crippen LogP contribution in [0.2, 0.25) is 5.15 Å². The molecular weight excluding hydrogens is 476 g/mol. The van der Waals surface area contributed by atoms with Crippen molar-refractivity contribution in [2.24, 2.45) is 0 Å². The summed E-state index contributed by atoms with van der Waals surface area (Å²) in [4.78, 5) is 31.9. The average molecular weight is 497 g/mol. The standard InChI is InChI=1S/C23H21ClN6O3S/c1-29(20-7-6-19(24)26-27-20)28-21(31)16-13-34-22(25-16)14-8-10-30(11-9-14)23(32)18-12-15-4-2-3-5-17(15)33-18/h2-7,12-14H,8-11H2,1H3,(H,28,31). The molecule has 4 heterocycles. The number of nitrogens with one attached hydrogen (secondary N) is 1. The number of carbonyl (C=O) groups is 2. The molecule has 1 aliphatic heterocycles. The van der Waals surface area contributed by atoms with Crippen molar-refractivity contribution in [3.05, 3.63) is 69.5 Å². The van der Waals surface area contributed by atoms with Crippen LogP contribution in [0.15, 0.2) is 52.3 Å². The lowest BCUT2D eigenvalue weighted by atomic mass is 9.97. The second kappa shape index (κ2) is 9.40. The lowest BCUT2D eigenvalue weighted by Crippen LogP contribution is -2.40. The third-order valence-corrected chi connectivity index (χ3v) is 6.96. The first-order valence-corrected chi connectivity index (χ1v) is 12.0. The summed E-state index contributed by atoms with van der Waals surface area (Å²) < 4.78 is 5.73. The Morgan fingerprint density at radius 2 is 1.97 bits per heavy atom. The normalized spacial score (nSPS) is 14.4. The van der Waals surface area contributed by atoms with E-state index < -0.39 is 0 Å². The second-order valence-corrected chi connectivity index (χ2v) is 9.28. The molecule has 1 fully saturated rings. The van der Waals surface area contributed by atoms with E-state index in [0.29, 0.717) is 35.9 Å². The van der Waals surface area contributed by atoms with E-state index in [-0.39, 0.29) is 22.9 Å². The Bertz CT molecular complexity index is 1300. The molecule has 4 aromatic rings. The summed E-state index contributed by atoms with van der Waals surface area (Å²) in [5.41, 5.74) is 3.78. The van der Waals surface area contributed by atoms with Crippen LogP contribution < -0.4 is 10.4 Å². The predicted octanol–water partition coefficient (Wildman–Crippen LogP) is 4.13. The molecule has 0 bridgehead atoms. The number of para-hydroxylation sites is 1. The number of hydrogen-bond donors (Lipinski definition) is 1. The van der Waals surface area contributed by atoms with Gasteiger partial charge >= 0.3 is 0 Å². The number of furan rings is 1. The molecule has 1 aliphatic rings. The number of likely N-dealkylation sites (tertiary alicyclic amines) is 1. The van der Waals surface area contributed by atoms with E-state index in [1.165, 1.54) is 16.3 Å². The highest BCUT2D eigenvalue weighted by Crippen LogP contribution is 2.31. The van der Waals surface area contributed by atoms with Gasteiger partial charge in [-0.1, -0.05) is 29.8 Å². The molecule has 1 aromatic carbocycles. The summed E-state index contributed by atoms with van der Waals surface area (Å²) in [6.07, 6.45) is 1.56. The van der Waals surface area contributed by atoms with Gasteiger partial charge in [-0.15, -0.1) is 21.5 Å². The van der Waals surface area contributed by atoms with Crippen LogP contribution in [-0.2, 0) is 0 Å². The number of anilines is 1. The first-order chi connectivity index (χ1) is 16.5. The summed E-state index contributed by atoms with van der Waals surface area (Å²) in [6.45, 7) is 1.22. The molecule has 1 N–H and O–H groups in total. The van der Waals surface area contributed by atoms with Crippen molar-refractivity contribution in [1.82, 2.24) is 25.5 Å². The summed E-state index contributed by atoms with van der Waals surface area (Å²) in [7, 11) is 1.66. The maximum atomic E-state index is 12.9. The summed E-state index contributed by atoms with van der Waals surface area (Å²) in [5.74, 6) is 0.588. The lowest BCUT2D eigenvalue weighted by molar-refractivity contribution is 0.0683. The second-order valence-electron chi connectivity index (χ2n) is 8.00. The van der Waals surface area contributed by atoms with Gasteiger partial charge in [0, 0.05) is 36.8 Å². The summed E-state index contributed by atoms with van der Waals surface area (Å²) in [5, 5.41) is 13.0. The number of halogens is 1. The number of benzene rings is 1. The van der Waals surface area contributed by atoms with Crippen LogP contribution in [0.5, 0.6) is 0 Å². The van der Waals surface area contributed by atoms with Crippen LogP contribution in [0.3, 0.4) is 0 Å². The molecule has 3 aromatic heterocycles. The fraction of sp³-hybridized carbons (Fsp3) is 0.261. The van der Waals surface area contributed by atoms with Crippen molar-refractivity contribution in [2.75, 3.05) is 25.1 Å². The van der Waals surface area contributed by atoms with Crippen LogP contribution >= 0.6 is 22.9 Å². The van der Waals surface area contributed by atoms with E-state index in [4.69, 9.17) is 16.0 Å². The minimum absolute atomic E-state index is 0.0952. The Morgan fingerprint density at radius 3 is 2.71 bits per heavy atom. The monoisotopic (exact) mass is 496 g/mol. The molecule has 9 nitrogen and oxygen atoms in total. The average Bonchev–Trinajstić information content (AvgIpc) is 3.52. The quantitative estimate of drug-likeness (QED) is 0.414. The zero-order valence-corrected chi connectivity index (χ0v) is 19.8. The highest BCUT2D eigenvalue weighted by molar-refractivity contribution is 7.09. The van der Waals surface area contributed by atoms with Gasteiger partial charge in [-0.3, -0.25) is 20.0 Å². The largest absolute Gasteiger partial charge is 0.451 e. The van der Waals surface area contributed by atoms with Gasteiger partial charge in [-0.25, -0.2) is 4.98 Å². The molecule has 174 valence electrons. The molecule has 11 heteroatoms. The van der Waals surface area contributed by atoms with Crippen molar-refractivity contribution >= 4 is 51.5 Å². The molecule has 34 heavy (non-hydrogen) atoms. The van der Waals surface area contributed by atoms with Crippen molar-refractivity contribution in [3.8, 4) is 0 Å². The Kier molecular flexibility index (Phi) is 6.16. The van der Waals surface area contributed by atoms with Crippen molar-refractivity contribution in [1.29, 1.82) is 0 Å². The Morgan fingerprint density at radius 1 is 1.18 bits per heavy atom. The number of piperidine rings is 1. The van der Waals surface area contributed by atoms with E-state index in [9.17, 15) is 9.59 Å². The summed E-state index contributed by atoms with van der Waals surface area (Å²) in [6, 6.07) is 12.6. The number of rotatable bonds is 5. The number of fused-ring (bicyclic) bond motifs is 1. The van der Waals surface area contributed by atoms with E-state index in [0.717, 1.165) is 23.2 Å². The molecule has 2 amide bonds. The van der Waals surface area contributed by atoms with Gasteiger partial charge in [0.15, 0.2) is 16.7 Å². The first kappa shape index (κ1) is 22.3. The number of carbonyl (C=O) groups excluding carboxylic acids is 2. The minimum Gasteiger partial charge on any atom is -0.451 e. The van der Waals surface area contributed by atoms with Crippen LogP contribution in [0.1, 0.15) is 44.8 Å². The fourth-order valence-corrected chi connectivity index (χ4v) is 4.98. The number of nitrogens with zero attached hydrogens (tertiary/aromatic N) is 5. The van der Waals surface area contributed by atoms with Crippen LogP contribution in [0.25, 0.3) is 11.0 Å². The Labute approximate surface area is 204 Å². The van der Waals surface area contributed by atoms with Crippen LogP contribution in [0.4, 0.5) is 5.82 Å². The zero-order valence-electron chi connectivity index (χ0n) is 18.3. The van der Waals surface area contributed by atoms with Gasteiger partial charge in [-0.2, -0.15) is 0 Å². The number of hydrazine groups is 1. The molecule has 0 saturated carbocycles. The van der Waals surface area contributed by atoms with E-state index in [1.807, 2.05) is 29.2 Å². The third kappa shape index (κ3) is 4.59. The van der Waals surface area contributed by atoms with Gasteiger partial charge < -0.3 is 9.32 Å². The number of thiazole rings is 1. The first-order valence-electron chi connectivity index (χ1n) is 10.7. The van der Waals surface area contributed by atoms with Crippen molar-refractivity contribution in [3.63, 3.8) is 0 Å². The van der Waals surface area contributed by atoms with Gasteiger partial charge in [0.25, 0.3) is 11.8 Å². The molecule has 0 atom stereocenters. The zero-order chi connectivity index (χ0) is 23.7. The molecule has 5 rings (SSSR count).